The van der Waals surface area contributed by atoms with Gasteiger partial charge in [-0.25, -0.2) is 4.98 Å². The number of rotatable bonds is 6. The number of aliphatic carboxylic acids is 1. The summed E-state index contributed by atoms with van der Waals surface area (Å²) in [7, 11) is 0. The first-order valence-electron chi connectivity index (χ1n) is 8.02. The molecule has 0 bridgehead atoms. The number of carboxylic acid groups (broad SMARTS) is 1. The summed E-state index contributed by atoms with van der Waals surface area (Å²) in [5.41, 5.74) is 3.10. The summed E-state index contributed by atoms with van der Waals surface area (Å²) < 4.78 is 0. The lowest BCUT2D eigenvalue weighted by molar-refractivity contribution is -0.141. The molecule has 0 saturated heterocycles. The van der Waals surface area contributed by atoms with E-state index in [2.05, 4.69) is 12.1 Å². The van der Waals surface area contributed by atoms with Gasteiger partial charge in [0.25, 0.3) is 0 Å². The third-order valence-corrected chi connectivity index (χ3v) is 5.14. The van der Waals surface area contributed by atoms with Crippen molar-refractivity contribution in [3.05, 3.63) is 65.7 Å². The Morgan fingerprint density at radius 1 is 1.04 bits per heavy atom. The Hall–Kier alpha value is -2.46. The highest BCUT2D eigenvalue weighted by molar-refractivity contribution is 7.15. The fourth-order valence-corrected chi connectivity index (χ4v) is 3.82. The number of hydrogen-bond acceptors (Lipinski definition) is 3. The Morgan fingerprint density at radius 2 is 1.62 bits per heavy atom. The van der Waals surface area contributed by atoms with E-state index in [1.165, 1.54) is 0 Å². The van der Waals surface area contributed by atoms with E-state index in [0.29, 0.717) is 12.8 Å². The average Bonchev–Trinajstić information content (AvgIpc) is 3.05. The Morgan fingerprint density at radius 3 is 2.17 bits per heavy atom. The van der Waals surface area contributed by atoms with Gasteiger partial charge in [0.2, 0.25) is 0 Å². The van der Waals surface area contributed by atoms with Crippen LogP contribution in [0.5, 0.6) is 0 Å². The quantitative estimate of drug-likeness (QED) is 0.678. The third kappa shape index (κ3) is 3.54. The molecule has 0 fully saturated rings. The van der Waals surface area contributed by atoms with Crippen molar-refractivity contribution in [1.29, 1.82) is 0 Å². The topological polar surface area (TPSA) is 50.2 Å². The van der Waals surface area contributed by atoms with Crippen molar-refractivity contribution in [2.75, 3.05) is 0 Å². The molecule has 0 saturated carbocycles. The van der Waals surface area contributed by atoms with Crippen LogP contribution in [0.15, 0.2) is 60.7 Å². The molecule has 3 nitrogen and oxygen atoms in total. The summed E-state index contributed by atoms with van der Waals surface area (Å²) in [5.74, 6) is -1.14. The first kappa shape index (κ1) is 16.4. The van der Waals surface area contributed by atoms with Crippen molar-refractivity contribution in [2.45, 2.75) is 19.8 Å². The number of nitrogens with zero attached hydrogens (tertiary/aromatic N) is 1. The number of hydrogen-bond donors (Lipinski definition) is 1. The zero-order chi connectivity index (χ0) is 16.9. The van der Waals surface area contributed by atoms with Gasteiger partial charge in [0, 0.05) is 12.0 Å². The maximum absolute atomic E-state index is 11.3. The van der Waals surface area contributed by atoms with Crippen molar-refractivity contribution >= 4 is 17.3 Å². The van der Waals surface area contributed by atoms with Crippen LogP contribution < -0.4 is 0 Å². The summed E-state index contributed by atoms with van der Waals surface area (Å²) in [6, 6.07) is 20.2. The van der Waals surface area contributed by atoms with Crippen LogP contribution in [0, 0.1) is 5.92 Å². The van der Waals surface area contributed by atoms with Gasteiger partial charge < -0.3 is 5.11 Å². The molecule has 3 rings (SSSR count). The van der Waals surface area contributed by atoms with E-state index in [-0.39, 0.29) is 5.92 Å². The molecule has 2 aromatic carbocycles. The molecule has 0 aliphatic carbocycles. The van der Waals surface area contributed by atoms with Crippen LogP contribution in [0.1, 0.15) is 18.4 Å². The standard InChI is InChI=1S/C20H19NO2S/c1-2-14(20(22)23)13-17-21-18(15-9-5-3-6-10-15)19(24-17)16-11-7-4-8-12-16/h3-12,14H,2,13H2,1H3,(H,22,23). The van der Waals surface area contributed by atoms with Gasteiger partial charge in [-0.2, -0.15) is 0 Å². The second-order valence-electron chi connectivity index (χ2n) is 5.66. The zero-order valence-electron chi connectivity index (χ0n) is 13.5. The van der Waals surface area contributed by atoms with Crippen molar-refractivity contribution < 1.29 is 9.90 Å². The van der Waals surface area contributed by atoms with Gasteiger partial charge in [-0.1, -0.05) is 67.6 Å². The molecule has 0 aliphatic heterocycles. The largest absolute Gasteiger partial charge is 0.481 e. The van der Waals surface area contributed by atoms with Crippen LogP contribution in [0.3, 0.4) is 0 Å². The second-order valence-corrected chi connectivity index (χ2v) is 6.75. The predicted octanol–water partition coefficient (Wildman–Crippen LogP) is 5.13. The molecule has 0 aliphatic rings. The lowest BCUT2D eigenvalue weighted by Crippen LogP contribution is -2.15. The molecular weight excluding hydrogens is 318 g/mol. The molecule has 0 radical (unpaired) electrons. The Kier molecular flexibility index (Phi) is 5.06. The summed E-state index contributed by atoms with van der Waals surface area (Å²) in [5, 5.41) is 10.2. The van der Waals surface area contributed by atoms with Crippen LogP contribution >= 0.6 is 11.3 Å². The summed E-state index contributed by atoms with van der Waals surface area (Å²) in [6.45, 7) is 1.91. The van der Waals surface area contributed by atoms with Gasteiger partial charge in [-0.05, 0) is 12.0 Å². The van der Waals surface area contributed by atoms with E-state index < -0.39 is 5.97 Å². The number of aromatic nitrogens is 1. The smallest absolute Gasteiger partial charge is 0.306 e. The maximum Gasteiger partial charge on any atom is 0.306 e. The third-order valence-electron chi connectivity index (χ3n) is 4.02. The number of benzene rings is 2. The highest BCUT2D eigenvalue weighted by Gasteiger charge is 2.20. The first-order valence-corrected chi connectivity index (χ1v) is 8.84. The van der Waals surface area contributed by atoms with Crippen LogP contribution in [0.2, 0.25) is 0 Å². The molecule has 0 amide bonds. The SMILES string of the molecule is CCC(Cc1nc(-c2ccccc2)c(-c2ccccc2)s1)C(=O)O. The second kappa shape index (κ2) is 7.41. The number of carboxylic acids is 1. The number of carbonyl (C=O) groups is 1. The highest BCUT2D eigenvalue weighted by atomic mass is 32.1. The molecular formula is C20H19NO2S. The van der Waals surface area contributed by atoms with Crippen LogP contribution in [0.25, 0.3) is 21.7 Å². The van der Waals surface area contributed by atoms with Crippen molar-refractivity contribution in [3.63, 3.8) is 0 Å². The fourth-order valence-electron chi connectivity index (χ4n) is 2.65. The van der Waals surface area contributed by atoms with Gasteiger partial charge in [0.05, 0.1) is 21.5 Å². The maximum atomic E-state index is 11.3. The molecule has 1 unspecified atom stereocenters. The van der Waals surface area contributed by atoms with Crippen LogP contribution in [0.4, 0.5) is 0 Å². The Labute approximate surface area is 145 Å². The zero-order valence-corrected chi connectivity index (χ0v) is 14.3. The minimum atomic E-state index is -0.754. The molecule has 24 heavy (non-hydrogen) atoms. The van der Waals surface area contributed by atoms with E-state index in [4.69, 9.17) is 4.98 Å². The summed E-state index contributed by atoms with van der Waals surface area (Å²) in [4.78, 5) is 17.2. The predicted molar refractivity (Wildman–Crippen MR) is 98.1 cm³/mol. The van der Waals surface area contributed by atoms with E-state index in [1.54, 1.807) is 11.3 Å². The molecule has 1 heterocycles. The molecule has 0 spiro atoms. The Bertz CT molecular complexity index is 755. The molecule has 1 aromatic heterocycles. The van der Waals surface area contributed by atoms with Gasteiger partial charge in [-0.15, -0.1) is 11.3 Å². The average molecular weight is 337 g/mol. The lowest BCUT2D eigenvalue weighted by atomic mass is 10.0. The fraction of sp³-hybridized carbons (Fsp3) is 0.200. The lowest BCUT2D eigenvalue weighted by Gasteiger charge is -2.06. The van der Waals surface area contributed by atoms with E-state index >= 15 is 0 Å². The summed E-state index contributed by atoms with van der Waals surface area (Å²) in [6.07, 6.45) is 1.08. The minimum absolute atomic E-state index is 0.386. The first-order chi connectivity index (χ1) is 11.7. The van der Waals surface area contributed by atoms with Gasteiger partial charge >= 0.3 is 5.97 Å². The van der Waals surface area contributed by atoms with Crippen molar-refractivity contribution in [2.24, 2.45) is 5.92 Å². The molecule has 4 heteroatoms. The molecule has 122 valence electrons. The molecule has 1 N–H and O–H groups in total. The number of thiazole rings is 1. The van der Waals surface area contributed by atoms with Gasteiger partial charge in [0.1, 0.15) is 0 Å². The van der Waals surface area contributed by atoms with Gasteiger partial charge in [0.15, 0.2) is 0 Å². The summed E-state index contributed by atoms with van der Waals surface area (Å²) >= 11 is 1.59. The van der Waals surface area contributed by atoms with Crippen LogP contribution in [-0.2, 0) is 11.2 Å². The van der Waals surface area contributed by atoms with Gasteiger partial charge in [-0.3, -0.25) is 4.79 Å². The minimum Gasteiger partial charge on any atom is -0.481 e. The Balaban J connectivity index is 2.05. The van der Waals surface area contributed by atoms with E-state index in [9.17, 15) is 9.90 Å². The highest BCUT2D eigenvalue weighted by Crippen LogP contribution is 2.37. The molecule has 1 atom stereocenters. The van der Waals surface area contributed by atoms with Crippen molar-refractivity contribution in [1.82, 2.24) is 4.98 Å². The van der Waals surface area contributed by atoms with Crippen LogP contribution in [-0.4, -0.2) is 16.1 Å². The van der Waals surface area contributed by atoms with E-state index in [0.717, 1.165) is 26.7 Å². The normalized spacial score (nSPS) is 12.0. The van der Waals surface area contributed by atoms with E-state index in [1.807, 2.05) is 55.5 Å². The molecule has 3 aromatic rings. The van der Waals surface area contributed by atoms with Crippen molar-refractivity contribution in [3.8, 4) is 21.7 Å². The monoisotopic (exact) mass is 337 g/mol.